The van der Waals surface area contributed by atoms with Gasteiger partial charge in [-0.3, -0.25) is 5.41 Å². The SMILES string of the molecule is N=C(CC(O)C(=O)OC(=O)Cl)OC(=O)Cl. The zero-order chi connectivity index (χ0) is 12.0. The van der Waals surface area contributed by atoms with Gasteiger partial charge >= 0.3 is 16.8 Å². The summed E-state index contributed by atoms with van der Waals surface area (Å²) in [6.45, 7) is 0. The topological polar surface area (TPSA) is 114 Å². The second-order valence-corrected chi connectivity index (χ2v) is 2.76. The Morgan fingerprint density at radius 2 is 1.67 bits per heavy atom. The number of carbonyl (C=O) groups is 3. The number of hydrogen-bond donors (Lipinski definition) is 2. The first-order chi connectivity index (χ1) is 6.82. The molecule has 1 unspecified atom stereocenters. The van der Waals surface area contributed by atoms with Crippen LogP contribution in [-0.2, 0) is 14.3 Å². The molecular weight excluding hydrogens is 253 g/mol. The fourth-order valence-corrected chi connectivity index (χ4v) is 0.714. The van der Waals surface area contributed by atoms with Gasteiger partial charge in [0.2, 0.25) is 0 Å². The van der Waals surface area contributed by atoms with Crippen molar-refractivity contribution in [3.8, 4) is 0 Å². The lowest BCUT2D eigenvalue weighted by molar-refractivity contribution is -0.145. The second-order valence-electron chi connectivity index (χ2n) is 2.14. The molecule has 0 aliphatic heterocycles. The zero-order valence-corrected chi connectivity index (χ0v) is 8.54. The molecule has 84 valence electrons. The van der Waals surface area contributed by atoms with Crippen LogP contribution in [-0.4, -0.2) is 33.9 Å². The van der Waals surface area contributed by atoms with E-state index in [-0.39, 0.29) is 0 Å². The summed E-state index contributed by atoms with van der Waals surface area (Å²) in [5.74, 6) is -2.10. The Labute approximate surface area is 93.4 Å². The highest BCUT2D eigenvalue weighted by Gasteiger charge is 2.22. The summed E-state index contributed by atoms with van der Waals surface area (Å²) in [5, 5.41) is 15.9. The third kappa shape index (κ3) is 6.83. The molecule has 0 aromatic heterocycles. The number of aliphatic hydroxyl groups is 1. The van der Waals surface area contributed by atoms with Crippen molar-refractivity contribution in [1.29, 1.82) is 5.41 Å². The molecule has 0 aromatic carbocycles. The Morgan fingerprint density at radius 3 is 2.07 bits per heavy atom. The van der Waals surface area contributed by atoms with Gasteiger partial charge in [-0.05, 0) is 0 Å². The standard InChI is InChI=1S/C6H5Cl2NO6/c7-5(12)14-3(9)1-2(10)4(11)15-6(8)13/h2,9-10H,1H2. The smallest absolute Gasteiger partial charge is 0.400 e. The van der Waals surface area contributed by atoms with Gasteiger partial charge in [-0.1, -0.05) is 0 Å². The van der Waals surface area contributed by atoms with Gasteiger partial charge in [0.05, 0.1) is 6.42 Å². The summed E-state index contributed by atoms with van der Waals surface area (Å²) < 4.78 is 7.79. The number of hydrogen-bond acceptors (Lipinski definition) is 7. The van der Waals surface area contributed by atoms with E-state index in [0.717, 1.165) is 0 Å². The number of carbonyl (C=O) groups excluding carboxylic acids is 3. The molecule has 15 heavy (non-hydrogen) atoms. The third-order valence-electron chi connectivity index (χ3n) is 1.04. The van der Waals surface area contributed by atoms with Crippen LogP contribution in [0.15, 0.2) is 0 Å². The number of ether oxygens (including phenoxy) is 2. The molecule has 0 saturated heterocycles. The van der Waals surface area contributed by atoms with Gasteiger partial charge in [0, 0.05) is 23.2 Å². The van der Waals surface area contributed by atoms with Crippen molar-refractivity contribution >= 4 is 45.9 Å². The number of nitrogens with one attached hydrogen (secondary N) is 1. The number of rotatable bonds is 3. The average Bonchev–Trinajstić information content (AvgIpc) is 2.00. The molecule has 0 aromatic rings. The van der Waals surface area contributed by atoms with Gasteiger partial charge in [0.15, 0.2) is 12.0 Å². The Balaban J connectivity index is 4.07. The fraction of sp³-hybridized carbons (Fsp3) is 0.333. The highest BCUT2D eigenvalue weighted by Crippen LogP contribution is 2.01. The predicted octanol–water partition coefficient (Wildman–Crippen LogP) is 0.992. The lowest BCUT2D eigenvalue weighted by Gasteiger charge is -2.07. The highest BCUT2D eigenvalue weighted by atomic mass is 35.5. The lowest BCUT2D eigenvalue weighted by Crippen LogP contribution is -2.27. The van der Waals surface area contributed by atoms with Crippen molar-refractivity contribution in [3.05, 3.63) is 0 Å². The van der Waals surface area contributed by atoms with Crippen molar-refractivity contribution in [2.45, 2.75) is 12.5 Å². The van der Waals surface area contributed by atoms with E-state index in [9.17, 15) is 14.4 Å². The van der Waals surface area contributed by atoms with Crippen molar-refractivity contribution < 1.29 is 29.0 Å². The number of halogens is 2. The van der Waals surface area contributed by atoms with Gasteiger partial charge in [0.25, 0.3) is 0 Å². The Kier molecular flexibility index (Phi) is 5.83. The van der Waals surface area contributed by atoms with Gasteiger partial charge in [-0.25, -0.2) is 14.4 Å². The maximum absolute atomic E-state index is 10.7. The average molecular weight is 258 g/mol. The minimum Gasteiger partial charge on any atom is -0.400 e. The monoisotopic (exact) mass is 257 g/mol. The molecule has 0 aliphatic rings. The summed E-state index contributed by atoms with van der Waals surface area (Å²) in [5.41, 5.74) is -2.70. The van der Waals surface area contributed by atoms with Crippen LogP contribution < -0.4 is 0 Å². The van der Waals surface area contributed by atoms with E-state index in [2.05, 4.69) is 21.1 Å². The second kappa shape index (κ2) is 6.33. The molecule has 0 rings (SSSR count). The van der Waals surface area contributed by atoms with Crippen LogP contribution in [0.3, 0.4) is 0 Å². The van der Waals surface area contributed by atoms with Crippen molar-refractivity contribution in [2.75, 3.05) is 0 Å². The summed E-state index contributed by atoms with van der Waals surface area (Å²) in [6, 6.07) is 0. The molecule has 0 aliphatic carbocycles. The van der Waals surface area contributed by atoms with Gasteiger partial charge in [-0.15, -0.1) is 0 Å². The third-order valence-corrected chi connectivity index (χ3v) is 1.19. The maximum Gasteiger partial charge on any atom is 0.411 e. The van der Waals surface area contributed by atoms with Crippen LogP contribution in [0.5, 0.6) is 0 Å². The van der Waals surface area contributed by atoms with Crippen LogP contribution in [0.2, 0.25) is 0 Å². The van der Waals surface area contributed by atoms with Crippen LogP contribution in [0.1, 0.15) is 6.42 Å². The molecule has 0 amide bonds. The van der Waals surface area contributed by atoms with E-state index in [1.165, 1.54) is 0 Å². The first-order valence-corrected chi connectivity index (χ1v) is 4.12. The van der Waals surface area contributed by atoms with Crippen molar-refractivity contribution in [1.82, 2.24) is 0 Å². The zero-order valence-electron chi connectivity index (χ0n) is 7.03. The Hall–Kier alpha value is -1.18. The van der Waals surface area contributed by atoms with Gasteiger partial charge < -0.3 is 14.6 Å². The largest absolute Gasteiger partial charge is 0.411 e. The normalized spacial score (nSPS) is 11.4. The Bertz CT molecular complexity index is 304. The van der Waals surface area contributed by atoms with E-state index in [4.69, 9.17) is 22.1 Å². The molecule has 0 fully saturated rings. The molecular formula is C6H5Cl2NO6. The maximum atomic E-state index is 10.7. The summed E-state index contributed by atoms with van der Waals surface area (Å²) in [4.78, 5) is 30.9. The van der Waals surface area contributed by atoms with E-state index >= 15 is 0 Å². The Morgan fingerprint density at radius 1 is 1.20 bits per heavy atom. The minimum atomic E-state index is -1.84. The fourth-order valence-electron chi connectivity index (χ4n) is 0.545. The molecule has 0 radical (unpaired) electrons. The molecule has 0 heterocycles. The van der Waals surface area contributed by atoms with Crippen LogP contribution in [0, 0.1) is 5.41 Å². The summed E-state index contributed by atoms with van der Waals surface area (Å²) in [7, 11) is 0. The van der Waals surface area contributed by atoms with Gasteiger partial charge in [-0.2, -0.15) is 0 Å². The first kappa shape index (κ1) is 13.8. The van der Waals surface area contributed by atoms with Crippen molar-refractivity contribution in [3.63, 3.8) is 0 Å². The lowest BCUT2D eigenvalue weighted by atomic mass is 10.2. The van der Waals surface area contributed by atoms with E-state index in [0.29, 0.717) is 0 Å². The van der Waals surface area contributed by atoms with Gasteiger partial charge in [0.1, 0.15) is 0 Å². The minimum absolute atomic E-state index is 0.665. The quantitative estimate of drug-likeness (QED) is 0.256. The number of aliphatic hydroxyl groups excluding tert-OH is 1. The molecule has 9 heteroatoms. The number of esters is 1. The highest BCUT2D eigenvalue weighted by molar-refractivity contribution is 6.62. The summed E-state index contributed by atoms with van der Waals surface area (Å²) >= 11 is 9.43. The molecule has 7 nitrogen and oxygen atoms in total. The predicted molar refractivity (Wildman–Crippen MR) is 48.0 cm³/mol. The molecule has 0 saturated carbocycles. The van der Waals surface area contributed by atoms with Crippen LogP contribution in [0.25, 0.3) is 0 Å². The molecule has 0 bridgehead atoms. The van der Waals surface area contributed by atoms with E-state index in [1.54, 1.807) is 0 Å². The first-order valence-electron chi connectivity index (χ1n) is 3.37. The van der Waals surface area contributed by atoms with E-state index in [1.807, 2.05) is 0 Å². The molecule has 0 spiro atoms. The molecule has 2 N–H and O–H groups in total. The van der Waals surface area contributed by atoms with E-state index < -0.39 is 35.2 Å². The van der Waals surface area contributed by atoms with Crippen molar-refractivity contribution in [2.24, 2.45) is 0 Å². The molecule has 1 atom stereocenters. The van der Waals surface area contributed by atoms with Crippen LogP contribution in [0.4, 0.5) is 9.59 Å². The summed E-state index contributed by atoms with van der Waals surface area (Å²) in [6.07, 6.45) is -2.50. The van der Waals surface area contributed by atoms with Crippen LogP contribution >= 0.6 is 23.2 Å².